The molecule has 0 aliphatic carbocycles. The fourth-order valence-electron chi connectivity index (χ4n) is 2.82. The summed E-state index contributed by atoms with van der Waals surface area (Å²) in [5.41, 5.74) is 1.55. The van der Waals surface area contributed by atoms with Crippen molar-refractivity contribution >= 4 is 5.97 Å². The molecule has 2 aliphatic heterocycles. The minimum absolute atomic E-state index is 0.203. The molecule has 2 rings (SSSR count). The molecular weight excluding hydrogens is 268 g/mol. The fourth-order valence-corrected chi connectivity index (χ4v) is 2.82. The second kappa shape index (κ2) is 6.31. The van der Waals surface area contributed by atoms with E-state index in [0.717, 1.165) is 50.0 Å². The smallest absolute Gasteiger partial charge is 0.346 e. The quantitative estimate of drug-likeness (QED) is 0.636. The molecule has 0 aromatic rings. The maximum absolute atomic E-state index is 11.0. The van der Waals surface area contributed by atoms with E-state index in [2.05, 4.69) is 18.7 Å². The molecule has 5 heteroatoms. The van der Waals surface area contributed by atoms with Gasteiger partial charge in [0.15, 0.2) is 0 Å². The van der Waals surface area contributed by atoms with Gasteiger partial charge in [0.1, 0.15) is 11.6 Å². The summed E-state index contributed by atoms with van der Waals surface area (Å²) >= 11 is 0. The van der Waals surface area contributed by atoms with Gasteiger partial charge in [0.2, 0.25) is 0 Å². The van der Waals surface area contributed by atoms with Crippen LogP contribution in [0.4, 0.5) is 0 Å². The lowest BCUT2D eigenvalue weighted by Crippen LogP contribution is -2.38. The van der Waals surface area contributed by atoms with Crippen LogP contribution in [0.15, 0.2) is 22.9 Å². The van der Waals surface area contributed by atoms with Crippen LogP contribution in [0.1, 0.15) is 39.5 Å². The molecule has 1 fully saturated rings. The third-order valence-corrected chi connectivity index (χ3v) is 4.39. The molecule has 0 aromatic carbocycles. The van der Waals surface area contributed by atoms with Gasteiger partial charge in [0.05, 0.1) is 12.2 Å². The summed E-state index contributed by atoms with van der Waals surface area (Å²) in [6.07, 6.45) is 5.48. The second-order valence-electron chi connectivity index (χ2n) is 5.91. The van der Waals surface area contributed by atoms with Crippen molar-refractivity contribution in [3.05, 3.63) is 22.9 Å². The second-order valence-corrected chi connectivity index (χ2v) is 5.91. The number of nitriles is 1. The number of carboxylic acid groups (broad SMARTS) is 1. The van der Waals surface area contributed by atoms with Crippen molar-refractivity contribution in [3.63, 3.8) is 0 Å². The van der Waals surface area contributed by atoms with Crippen LogP contribution < -0.4 is 0 Å². The largest absolute Gasteiger partial charge is 0.477 e. The van der Waals surface area contributed by atoms with E-state index in [1.807, 2.05) is 0 Å². The Morgan fingerprint density at radius 1 is 1.52 bits per heavy atom. The van der Waals surface area contributed by atoms with Crippen molar-refractivity contribution in [2.75, 3.05) is 19.7 Å². The highest BCUT2D eigenvalue weighted by Gasteiger charge is 2.33. The zero-order chi connectivity index (χ0) is 15.5. The van der Waals surface area contributed by atoms with Gasteiger partial charge in [-0.15, -0.1) is 0 Å². The van der Waals surface area contributed by atoms with E-state index in [1.54, 1.807) is 6.07 Å². The predicted molar refractivity (Wildman–Crippen MR) is 78.4 cm³/mol. The number of aliphatic carboxylic acids is 1. The van der Waals surface area contributed by atoms with Crippen LogP contribution in [0.3, 0.4) is 0 Å². The van der Waals surface area contributed by atoms with E-state index in [9.17, 15) is 4.79 Å². The summed E-state index contributed by atoms with van der Waals surface area (Å²) in [6.45, 7) is 6.56. The Balaban J connectivity index is 2.38. The monoisotopic (exact) mass is 290 g/mol. The molecule has 0 saturated carbocycles. The lowest BCUT2D eigenvalue weighted by atomic mass is 9.90. The molecule has 2 heterocycles. The van der Waals surface area contributed by atoms with Crippen molar-refractivity contribution in [3.8, 4) is 6.07 Å². The van der Waals surface area contributed by atoms with E-state index in [4.69, 9.17) is 15.1 Å². The number of hydrogen-bond donors (Lipinski definition) is 1. The van der Waals surface area contributed by atoms with Gasteiger partial charge in [-0.05, 0) is 37.8 Å². The minimum atomic E-state index is -1.19. The Hall–Kier alpha value is -1.80. The normalized spacial score (nSPS) is 26.9. The van der Waals surface area contributed by atoms with Crippen molar-refractivity contribution in [1.82, 2.24) is 4.90 Å². The highest BCUT2D eigenvalue weighted by molar-refractivity contribution is 5.91. The molecule has 21 heavy (non-hydrogen) atoms. The fraction of sp³-hybridized carbons (Fsp3) is 0.625. The maximum atomic E-state index is 11.0. The molecule has 1 saturated heterocycles. The van der Waals surface area contributed by atoms with Crippen LogP contribution >= 0.6 is 0 Å². The first kappa shape index (κ1) is 15.6. The number of carbonyl (C=O) groups is 1. The Morgan fingerprint density at radius 3 is 2.71 bits per heavy atom. The maximum Gasteiger partial charge on any atom is 0.346 e. The average Bonchev–Trinajstić information content (AvgIpc) is 2.99. The van der Waals surface area contributed by atoms with E-state index < -0.39 is 5.97 Å². The van der Waals surface area contributed by atoms with Crippen LogP contribution in [-0.2, 0) is 9.53 Å². The topological polar surface area (TPSA) is 73.6 Å². The molecule has 114 valence electrons. The lowest BCUT2D eigenvalue weighted by Gasteiger charge is -2.38. The summed E-state index contributed by atoms with van der Waals surface area (Å²) in [7, 11) is 0. The summed E-state index contributed by atoms with van der Waals surface area (Å²) in [5.74, 6) is -1.19. The zero-order valence-corrected chi connectivity index (χ0v) is 12.7. The number of ether oxygens (including phenoxy) is 1. The van der Waals surface area contributed by atoms with Crippen molar-refractivity contribution in [1.29, 1.82) is 5.26 Å². The number of likely N-dealkylation sites (tertiary alicyclic amines) is 1. The van der Waals surface area contributed by atoms with E-state index in [1.165, 1.54) is 6.08 Å². The molecule has 1 N–H and O–H groups in total. The zero-order valence-electron chi connectivity index (χ0n) is 12.7. The van der Waals surface area contributed by atoms with Crippen molar-refractivity contribution in [2.24, 2.45) is 0 Å². The third kappa shape index (κ3) is 3.45. The molecule has 1 unspecified atom stereocenters. The van der Waals surface area contributed by atoms with Crippen molar-refractivity contribution in [2.45, 2.75) is 45.1 Å². The molecule has 2 aliphatic rings. The van der Waals surface area contributed by atoms with Gasteiger partial charge in [-0.1, -0.05) is 6.92 Å². The Morgan fingerprint density at radius 2 is 2.19 bits per heavy atom. The predicted octanol–water partition coefficient (Wildman–Crippen LogP) is 2.46. The van der Waals surface area contributed by atoms with Crippen LogP contribution in [0.5, 0.6) is 0 Å². The minimum Gasteiger partial charge on any atom is -0.477 e. The summed E-state index contributed by atoms with van der Waals surface area (Å²) in [5, 5.41) is 18.0. The van der Waals surface area contributed by atoms with Crippen LogP contribution in [0.2, 0.25) is 0 Å². The van der Waals surface area contributed by atoms with E-state index >= 15 is 0 Å². The lowest BCUT2D eigenvalue weighted by molar-refractivity contribution is -0.132. The standard InChI is InChI=1S/C16H22N2O3/c1-3-16(2)9-14(18-6-4-5-7-18)13(11-21-16)8-12(10-17)15(19)20/h8H,3-7,9,11H2,1-2H3,(H,19,20). The molecule has 0 aromatic heterocycles. The Labute approximate surface area is 125 Å². The van der Waals surface area contributed by atoms with Crippen LogP contribution in [0, 0.1) is 11.3 Å². The van der Waals surface area contributed by atoms with Gasteiger partial charge < -0.3 is 14.7 Å². The van der Waals surface area contributed by atoms with Crippen LogP contribution in [0.25, 0.3) is 0 Å². The van der Waals surface area contributed by atoms with E-state index in [-0.39, 0.29) is 11.2 Å². The molecule has 0 radical (unpaired) electrons. The molecule has 5 nitrogen and oxygen atoms in total. The van der Waals surface area contributed by atoms with Gasteiger partial charge in [-0.2, -0.15) is 5.26 Å². The first-order chi connectivity index (χ1) is 9.99. The molecule has 0 amide bonds. The van der Waals surface area contributed by atoms with Gasteiger partial charge in [-0.3, -0.25) is 0 Å². The molecule has 1 atom stereocenters. The van der Waals surface area contributed by atoms with Gasteiger partial charge in [-0.25, -0.2) is 4.79 Å². The third-order valence-electron chi connectivity index (χ3n) is 4.39. The first-order valence-electron chi connectivity index (χ1n) is 7.45. The molecule has 0 bridgehead atoms. The number of nitrogens with zero attached hydrogens (tertiary/aromatic N) is 2. The molecular formula is C16H22N2O3. The Kier molecular flexibility index (Phi) is 4.69. The van der Waals surface area contributed by atoms with Gasteiger partial charge in [0, 0.05) is 25.2 Å². The molecule has 0 spiro atoms. The average molecular weight is 290 g/mol. The number of rotatable bonds is 4. The summed E-state index contributed by atoms with van der Waals surface area (Å²) in [4.78, 5) is 13.4. The number of hydrogen-bond acceptors (Lipinski definition) is 4. The SMILES string of the molecule is CCC1(C)CC(N2CCCC2)=C(C=C(C#N)C(=O)O)CO1. The number of carboxylic acids is 1. The van der Waals surface area contributed by atoms with E-state index in [0.29, 0.717) is 6.61 Å². The van der Waals surface area contributed by atoms with Gasteiger partial charge >= 0.3 is 5.97 Å². The van der Waals surface area contributed by atoms with Crippen LogP contribution in [-0.4, -0.2) is 41.3 Å². The van der Waals surface area contributed by atoms with Gasteiger partial charge in [0.25, 0.3) is 0 Å². The summed E-state index contributed by atoms with van der Waals surface area (Å²) < 4.78 is 5.91. The summed E-state index contributed by atoms with van der Waals surface area (Å²) in [6, 6.07) is 1.75. The van der Waals surface area contributed by atoms with Crippen molar-refractivity contribution < 1.29 is 14.6 Å². The highest BCUT2D eigenvalue weighted by atomic mass is 16.5. The Bertz CT molecular complexity index is 524. The first-order valence-corrected chi connectivity index (χ1v) is 7.45. The highest BCUT2D eigenvalue weighted by Crippen LogP contribution is 2.35.